The topological polar surface area (TPSA) is 64.2 Å². The maximum Gasteiger partial charge on any atom is 0.420 e. The molecule has 0 saturated carbocycles. The molecule has 3 rings (SSSR count). The van der Waals surface area contributed by atoms with E-state index < -0.39 is 11.8 Å². The molecule has 0 aliphatic rings. The largest absolute Gasteiger partial charge is 0.420 e. The highest BCUT2D eigenvalue weighted by molar-refractivity contribution is 9.11. The molecule has 1 N–H and O–H groups in total. The summed E-state index contributed by atoms with van der Waals surface area (Å²) in [7, 11) is 0. The summed E-state index contributed by atoms with van der Waals surface area (Å²) in [5.41, 5.74) is 1.12. The van der Waals surface area contributed by atoms with Crippen molar-refractivity contribution in [1.29, 1.82) is 0 Å². The van der Waals surface area contributed by atoms with Gasteiger partial charge in [-0.1, -0.05) is 12.1 Å². The lowest BCUT2D eigenvalue weighted by molar-refractivity contribution is -0.123. The Hall–Kier alpha value is -1.51. The molecule has 0 spiro atoms. The lowest BCUT2D eigenvalue weighted by atomic mass is 10.2. The number of nitrogens with zero attached hydrogens (tertiary/aromatic N) is 1. The Bertz CT molecular complexity index is 931. The number of halogens is 1. The number of rotatable bonds is 7. The fourth-order valence-corrected chi connectivity index (χ4v) is 4.92. The number of fused-ring (bicyclic) bond motifs is 1. The Balaban J connectivity index is 1.52. The van der Waals surface area contributed by atoms with Crippen LogP contribution in [0.2, 0.25) is 0 Å². The lowest BCUT2D eigenvalue weighted by Gasteiger charge is -2.13. The molecule has 0 aliphatic carbocycles. The van der Waals surface area contributed by atoms with E-state index in [0.29, 0.717) is 17.6 Å². The summed E-state index contributed by atoms with van der Waals surface area (Å²) in [6.45, 7) is 2.26. The van der Waals surface area contributed by atoms with E-state index in [0.717, 1.165) is 15.3 Å². The standard InChI is InChI=1S/C17H17BrN2O3S2/c1-11(20-13-4-2-3-5-14(13)23-17(20)22)16(21)19-8-9-24-10-12-6-7-15(18)25-12/h2-7,11H,8-10H2,1H3,(H,19,21)/t11-/m1/s1. The van der Waals surface area contributed by atoms with Gasteiger partial charge in [0.25, 0.3) is 0 Å². The molecule has 1 aromatic carbocycles. The van der Waals surface area contributed by atoms with Crippen LogP contribution in [0.25, 0.3) is 11.1 Å². The predicted octanol–water partition coefficient (Wildman–Crippen LogP) is 4.03. The van der Waals surface area contributed by atoms with Crippen molar-refractivity contribution in [1.82, 2.24) is 9.88 Å². The molecular weight excluding hydrogens is 424 g/mol. The van der Waals surface area contributed by atoms with Gasteiger partial charge in [-0.25, -0.2) is 4.79 Å². The summed E-state index contributed by atoms with van der Waals surface area (Å²) in [6, 6.07) is 10.6. The van der Waals surface area contributed by atoms with Crippen LogP contribution >= 0.6 is 39.0 Å². The minimum atomic E-state index is -0.616. The number of carbonyl (C=O) groups is 1. The minimum Gasteiger partial charge on any atom is -0.408 e. The lowest BCUT2D eigenvalue weighted by Crippen LogP contribution is -2.35. The van der Waals surface area contributed by atoms with Gasteiger partial charge >= 0.3 is 5.76 Å². The van der Waals surface area contributed by atoms with Gasteiger partial charge in [0.2, 0.25) is 5.91 Å². The molecule has 1 amide bonds. The van der Waals surface area contributed by atoms with Gasteiger partial charge in [-0.3, -0.25) is 9.36 Å². The molecule has 5 nitrogen and oxygen atoms in total. The summed E-state index contributed by atoms with van der Waals surface area (Å²) >= 11 is 6.93. The summed E-state index contributed by atoms with van der Waals surface area (Å²) in [5, 5.41) is 2.89. The van der Waals surface area contributed by atoms with Crippen molar-refractivity contribution < 1.29 is 9.21 Å². The van der Waals surface area contributed by atoms with Crippen LogP contribution in [-0.2, 0) is 10.5 Å². The summed E-state index contributed by atoms with van der Waals surface area (Å²) in [5.74, 6) is 1.04. The molecule has 0 unspecified atom stereocenters. The van der Waals surface area contributed by atoms with Gasteiger partial charge in [-0.05, 0) is 47.1 Å². The molecule has 0 fully saturated rings. The van der Waals surface area contributed by atoms with Crippen LogP contribution in [0.4, 0.5) is 0 Å². The number of oxazole rings is 1. The van der Waals surface area contributed by atoms with E-state index in [1.54, 1.807) is 48.2 Å². The zero-order valence-corrected chi connectivity index (χ0v) is 16.7. The number of amides is 1. The van der Waals surface area contributed by atoms with E-state index in [9.17, 15) is 9.59 Å². The van der Waals surface area contributed by atoms with Crippen LogP contribution in [0.3, 0.4) is 0 Å². The molecule has 0 radical (unpaired) electrons. The molecule has 0 aliphatic heterocycles. The van der Waals surface area contributed by atoms with Crippen molar-refractivity contribution in [3.05, 3.63) is 55.6 Å². The first-order valence-electron chi connectivity index (χ1n) is 7.76. The second-order valence-corrected chi connectivity index (χ2v) is 9.08. The van der Waals surface area contributed by atoms with Gasteiger partial charge in [0, 0.05) is 22.9 Å². The number of thiophene rings is 1. The van der Waals surface area contributed by atoms with Crippen molar-refractivity contribution in [2.75, 3.05) is 12.3 Å². The van der Waals surface area contributed by atoms with Gasteiger partial charge in [0.05, 0.1) is 9.30 Å². The Kier molecular flexibility index (Phi) is 6.03. The van der Waals surface area contributed by atoms with E-state index >= 15 is 0 Å². The van der Waals surface area contributed by atoms with Crippen LogP contribution in [-0.4, -0.2) is 22.8 Å². The maximum atomic E-state index is 12.3. The second kappa shape index (κ2) is 8.25. The molecule has 25 heavy (non-hydrogen) atoms. The molecule has 3 aromatic rings. The summed E-state index contributed by atoms with van der Waals surface area (Å²) in [6.07, 6.45) is 0. The molecule has 1 atom stereocenters. The third-order valence-corrected chi connectivity index (χ3v) is 6.52. The normalized spacial score (nSPS) is 12.4. The van der Waals surface area contributed by atoms with Crippen molar-refractivity contribution in [2.45, 2.75) is 18.7 Å². The minimum absolute atomic E-state index is 0.187. The number of thioether (sulfide) groups is 1. The zero-order chi connectivity index (χ0) is 17.8. The number of nitrogens with one attached hydrogen (secondary N) is 1. The van der Waals surface area contributed by atoms with Crippen LogP contribution < -0.4 is 11.1 Å². The molecule has 0 saturated heterocycles. The van der Waals surface area contributed by atoms with E-state index in [4.69, 9.17) is 4.42 Å². The highest BCUT2D eigenvalue weighted by Gasteiger charge is 2.20. The average molecular weight is 441 g/mol. The van der Waals surface area contributed by atoms with Crippen molar-refractivity contribution in [2.24, 2.45) is 0 Å². The molecule has 0 bridgehead atoms. The van der Waals surface area contributed by atoms with E-state index in [-0.39, 0.29) is 5.91 Å². The molecular formula is C17H17BrN2O3S2. The number of hydrogen-bond donors (Lipinski definition) is 1. The maximum absolute atomic E-state index is 12.3. The molecule has 8 heteroatoms. The molecule has 132 valence electrons. The fraction of sp³-hybridized carbons (Fsp3) is 0.294. The fourth-order valence-electron chi connectivity index (χ4n) is 2.46. The van der Waals surface area contributed by atoms with E-state index in [1.165, 1.54) is 9.44 Å². The van der Waals surface area contributed by atoms with E-state index in [2.05, 4.69) is 27.3 Å². The number of hydrogen-bond acceptors (Lipinski definition) is 5. The van der Waals surface area contributed by atoms with Crippen molar-refractivity contribution in [3.63, 3.8) is 0 Å². The summed E-state index contributed by atoms with van der Waals surface area (Å²) < 4.78 is 7.70. The highest BCUT2D eigenvalue weighted by Crippen LogP contribution is 2.25. The third kappa shape index (κ3) is 4.37. The number of para-hydroxylation sites is 2. The SMILES string of the molecule is C[C@H](C(=O)NCCSCc1ccc(Br)s1)n1c(=O)oc2ccccc21. The first-order chi connectivity index (χ1) is 12.1. The van der Waals surface area contributed by atoms with Crippen molar-refractivity contribution >= 4 is 56.0 Å². The Labute approximate surface area is 161 Å². The van der Waals surface area contributed by atoms with Crippen LogP contribution in [0, 0.1) is 0 Å². The molecule has 2 heterocycles. The average Bonchev–Trinajstić information content (AvgIpc) is 3.15. The molecule has 2 aromatic heterocycles. The monoisotopic (exact) mass is 440 g/mol. The van der Waals surface area contributed by atoms with Crippen LogP contribution in [0.5, 0.6) is 0 Å². The number of carbonyl (C=O) groups excluding carboxylic acids is 1. The Morgan fingerprint density at radius 1 is 1.36 bits per heavy atom. The smallest absolute Gasteiger partial charge is 0.408 e. The van der Waals surface area contributed by atoms with Gasteiger partial charge in [-0.15, -0.1) is 11.3 Å². The van der Waals surface area contributed by atoms with E-state index in [1.807, 2.05) is 12.1 Å². The van der Waals surface area contributed by atoms with Crippen molar-refractivity contribution in [3.8, 4) is 0 Å². The highest BCUT2D eigenvalue weighted by atomic mass is 79.9. The first-order valence-corrected chi connectivity index (χ1v) is 10.5. The van der Waals surface area contributed by atoms with Gasteiger partial charge < -0.3 is 9.73 Å². The number of benzene rings is 1. The third-order valence-electron chi connectivity index (χ3n) is 3.70. The zero-order valence-electron chi connectivity index (χ0n) is 13.5. The van der Waals surface area contributed by atoms with Gasteiger partial charge in [0.15, 0.2) is 5.58 Å². The second-order valence-electron chi connectivity index (χ2n) is 5.43. The predicted molar refractivity (Wildman–Crippen MR) is 106 cm³/mol. The Morgan fingerprint density at radius 3 is 2.92 bits per heavy atom. The quantitative estimate of drug-likeness (QED) is 0.563. The van der Waals surface area contributed by atoms with Gasteiger partial charge in [-0.2, -0.15) is 11.8 Å². The number of aromatic nitrogens is 1. The summed E-state index contributed by atoms with van der Waals surface area (Å²) in [4.78, 5) is 25.7. The van der Waals surface area contributed by atoms with Gasteiger partial charge in [0.1, 0.15) is 6.04 Å². The first kappa shape index (κ1) is 18.3. The Morgan fingerprint density at radius 2 is 2.16 bits per heavy atom. The van der Waals surface area contributed by atoms with Crippen LogP contribution in [0.15, 0.2) is 49.4 Å². The van der Waals surface area contributed by atoms with Crippen LogP contribution in [0.1, 0.15) is 17.8 Å².